The Balaban J connectivity index is 0.0000193. The Morgan fingerprint density at radius 2 is 1.03 bits per heavy atom. The Kier molecular flexibility index (Phi) is 28.9. The number of aliphatic carboxylic acids is 5. The van der Waals surface area contributed by atoms with E-state index in [0.29, 0.717) is 11.3 Å². The third kappa shape index (κ3) is 24.7. The smallest absolute Gasteiger partial charge is 0.549 e. The Labute approximate surface area is 444 Å². The van der Waals surface area contributed by atoms with Gasteiger partial charge in [-0.05, 0) is 18.9 Å². The molecule has 1 aromatic carbocycles. The van der Waals surface area contributed by atoms with E-state index in [1.54, 1.807) is 35.2 Å². The van der Waals surface area contributed by atoms with Crippen molar-refractivity contribution in [3.8, 4) is 0 Å². The molecule has 0 spiro atoms. The monoisotopic (exact) mass is 1110 g/mol. The van der Waals surface area contributed by atoms with Crippen LogP contribution in [0.25, 0.3) is 0 Å². The number of hydrogen-bond acceptors (Lipinski definition) is 21. The zero-order valence-electron chi connectivity index (χ0n) is 41.5. The number of nitrogens with one attached hydrogen (secondary N) is 4. The van der Waals surface area contributed by atoms with Gasteiger partial charge in [-0.2, -0.15) is 0 Å². The van der Waals surface area contributed by atoms with Gasteiger partial charge in [0.2, 0.25) is 17.7 Å². The van der Waals surface area contributed by atoms with Crippen molar-refractivity contribution < 1.29 is 88.5 Å². The number of H-pyrrole nitrogens is 1. The predicted molar refractivity (Wildman–Crippen MR) is 254 cm³/mol. The molecule has 0 aliphatic carbocycles. The van der Waals surface area contributed by atoms with Crippen LogP contribution in [-0.2, 0) is 65.6 Å². The number of rotatable bonds is 31. The van der Waals surface area contributed by atoms with Crippen molar-refractivity contribution in [2.75, 3.05) is 91.8 Å². The van der Waals surface area contributed by atoms with E-state index in [0.717, 1.165) is 0 Å². The Morgan fingerprint density at radius 3 is 1.45 bits per heavy atom. The van der Waals surface area contributed by atoms with E-state index >= 15 is 0 Å². The van der Waals surface area contributed by atoms with Crippen molar-refractivity contribution in [3.05, 3.63) is 54.1 Å². The molecule has 0 saturated carbocycles. The second kappa shape index (κ2) is 33.5. The second-order valence-corrected chi connectivity index (χ2v) is 18.0. The number of hydrogen-bond donors (Lipinski definition) is 8. The van der Waals surface area contributed by atoms with Gasteiger partial charge in [0, 0.05) is 115 Å². The van der Waals surface area contributed by atoms with E-state index in [9.17, 15) is 88.5 Å². The van der Waals surface area contributed by atoms with Crippen LogP contribution >= 0.6 is 0 Å². The molecule has 0 unspecified atom stereocenters. The predicted octanol–water partition coefficient (Wildman–Crippen LogP) is -7.97. The van der Waals surface area contributed by atoms with Crippen LogP contribution in [0.1, 0.15) is 43.9 Å². The fraction of sp³-hybridized carbons (Fsp3) is 0.574. The summed E-state index contributed by atoms with van der Waals surface area (Å²) in [4.78, 5) is 153. The van der Waals surface area contributed by atoms with Crippen LogP contribution < -0.4 is 31.3 Å². The quantitative estimate of drug-likeness (QED) is 0.0325. The molecule has 1 aromatic heterocycles. The zero-order chi connectivity index (χ0) is 54.9. The first-order chi connectivity index (χ1) is 35.1. The number of amides is 3. The van der Waals surface area contributed by atoms with Gasteiger partial charge in [0.25, 0.3) is 0 Å². The summed E-state index contributed by atoms with van der Waals surface area (Å²) in [7, 11) is 0. The molecule has 2 heterocycles. The first kappa shape index (κ1) is 64.7. The van der Waals surface area contributed by atoms with Gasteiger partial charge < -0.3 is 71.1 Å². The number of carbonyl (C=O) groups is 11. The molecular formula is C47H64GaN9O18. The fourth-order valence-corrected chi connectivity index (χ4v) is 8.10. The minimum Gasteiger partial charge on any atom is -0.549 e. The molecule has 8 N–H and O–H groups in total. The summed E-state index contributed by atoms with van der Waals surface area (Å²) in [6.07, 6.45) is -0.263. The molecule has 3 amide bonds. The maximum absolute atomic E-state index is 13.9. The third-order valence-corrected chi connectivity index (χ3v) is 12.2. The molecule has 0 radical (unpaired) electrons. The Morgan fingerprint density at radius 1 is 0.587 bits per heavy atom. The van der Waals surface area contributed by atoms with Gasteiger partial charge in [-0.1, -0.05) is 30.3 Å². The summed E-state index contributed by atoms with van der Waals surface area (Å²) in [5.74, 6) is -16.3. The molecule has 1 saturated heterocycles. The van der Waals surface area contributed by atoms with Gasteiger partial charge in [0.05, 0.1) is 68.3 Å². The summed E-state index contributed by atoms with van der Waals surface area (Å²) in [6, 6.07) is 3.68. The normalized spacial score (nSPS) is 16.6. The largest absolute Gasteiger partial charge is 3.00 e. The molecule has 2 aromatic rings. The van der Waals surface area contributed by atoms with Crippen LogP contribution in [0.15, 0.2) is 42.9 Å². The third-order valence-electron chi connectivity index (χ3n) is 12.2. The maximum Gasteiger partial charge on any atom is 3.00 e. The van der Waals surface area contributed by atoms with E-state index in [-0.39, 0.29) is 85.0 Å². The Bertz CT molecular complexity index is 2210. The fourth-order valence-electron chi connectivity index (χ4n) is 8.10. The number of Topliss-reactive ketones (excluding diaryl/α,β-unsaturated/α-hetero) is 3. The van der Waals surface area contributed by atoms with Crippen molar-refractivity contribution in [2.24, 2.45) is 17.8 Å². The first-order valence-corrected chi connectivity index (χ1v) is 23.7. The molecule has 28 heteroatoms. The standard InChI is InChI=1S/C47H67N9O18.Ga/c1-29(50-44(70)33(20-40(62)63)17-35(59)22-53-7-9-54(23-41(64)65)11-13-56(25-43(68)69)14-12-55(10-8-53)24-42(66)67)38(60)18-32(16-34-21-48-28-49-34)46(72)51-36(26-57)39(61)19-31(15-30-5-3-2-4-6-30)45(71)52-37(27-58)47(73)74;/h2-6,21,28-29,31-33,36-37,57-58H,7-20,22-27H2,1H3,(H,48,49)(H,50,70)(H,51,72)(H,52,71)(H,62,63)(H,64,65)(H,66,67)(H,68,69)(H,73,74);/q;+3/p-3/t29-,31+,32+,33-,36-,37-;/m0./s1. The molecule has 1 aliphatic rings. The van der Waals surface area contributed by atoms with Gasteiger partial charge >= 0.3 is 31.7 Å². The van der Waals surface area contributed by atoms with E-state index in [1.165, 1.54) is 34.1 Å². The van der Waals surface area contributed by atoms with E-state index in [2.05, 4.69) is 25.9 Å². The minimum absolute atomic E-state index is 0. The maximum atomic E-state index is 13.9. The summed E-state index contributed by atoms with van der Waals surface area (Å²) in [6.45, 7) is -2.34. The van der Waals surface area contributed by atoms with Gasteiger partial charge in [-0.15, -0.1) is 0 Å². The van der Waals surface area contributed by atoms with E-state index in [4.69, 9.17) is 0 Å². The van der Waals surface area contributed by atoms with Gasteiger partial charge in [0.15, 0.2) is 11.6 Å². The number of imidazole rings is 1. The number of aromatic nitrogens is 2. The van der Waals surface area contributed by atoms with Crippen molar-refractivity contribution in [3.63, 3.8) is 0 Å². The van der Waals surface area contributed by atoms with Crippen molar-refractivity contribution in [1.82, 2.24) is 45.5 Å². The topological polar surface area (TPSA) is 416 Å². The van der Waals surface area contributed by atoms with Crippen molar-refractivity contribution in [2.45, 2.75) is 63.6 Å². The van der Waals surface area contributed by atoms with Crippen LogP contribution in [-0.4, -0.2) is 245 Å². The molecule has 0 bridgehead atoms. The molecule has 75 heavy (non-hydrogen) atoms. The number of aromatic amines is 1. The molecule has 3 rings (SSSR count). The number of aliphatic hydroxyl groups excluding tert-OH is 2. The number of carbonyl (C=O) groups excluding carboxylic acids is 9. The van der Waals surface area contributed by atoms with Gasteiger partial charge in [0.1, 0.15) is 17.9 Å². The van der Waals surface area contributed by atoms with Crippen LogP contribution in [0.4, 0.5) is 0 Å². The number of aliphatic hydroxyl groups is 2. The molecular weight excluding hydrogens is 1050 g/mol. The molecule has 1 fully saturated rings. The van der Waals surface area contributed by atoms with Gasteiger partial charge in [-0.25, -0.2) is 9.78 Å². The summed E-state index contributed by atoms with van der Waals surface area (Å²) >= 11 is 0. The van der Waals surface area contributed by atoms with Crippen molar-refractivity contribution in [1.29, 1.82) is 0 Å². The summed E-state index contributed by atoms with van der Waals surface area (Å²) < 4.78 is 0. The van der Waals surface area contributed by atoms with Crippen LogP contribution in [0.2, 0.25) is 0 Å². The summed E-state index contributed by atoms with van der Waals surface area (Å²) in [5, 5.41) is 80.4. The van der Waals surface area contributed by atoms with Crippen LogP contribution in [0.3, 0.4) is 0 Å². The average molecular weight is 1110 g/mol. The molecule has 6 atom stereocenters. The molecule has 408 valence electrons. The minimum atomic E-state index is -1.69. The Hall–Kier alpha value is -6.40. The summed E-state index contributed by atoms with van der Waals surface area (Å²) in [5.41, 5.74) is 0.959. The molecule has 1 aliphatic heterocycles. The van der Waals surface area contributed by atoms with Crippen LogP contribution in [0.5, 0.6) is 0 Å². The number of benzene rings is 1. The SMILES string of the molecule is C[C@H](NC(=O)[C@H](CC(=O)O)CC(=O)CN1CCN(CC(=O)[O-])CCN(CC(=O)[O-])CCN(CC(=O)[O-])CC1)C(=O)C[C@@H](Cc1cnc[nH]1)C(=O)N[C@@H](CO)C(=O)C[C@@H](Cc1ccccc1)C(=O)N[C@@H](CO)C(=O)O.[Ga+3]. The van der Waals surface area contributed by atoms with E-state index in [1.807, 2.05) is 0 Å². The number of carboxylic acid groups (broad SMARTS) is 5. The van der Waals surface area contributed by atoms with Gasteiger partial charge in [-0.3, -0.25) is 53.2 Å². The average Bonchev–Trinajstić information content (AvgIpc) is 3.85. The number of nitrogens with zero attached hydrogens (tertiary/aromatic N) is 5. The number of ketones is 3. The van der Waals surface area contributed by atoms with Crippen molar-refractivity contribution >= 4 is 84.7 Å². The molecule has 27 nitrogen and oxygen atoms in total. The number of carboxylic acids is 5. The zero-order valence-corrected chi connectivity index (χ0v) is 43.9. The van der Waals surface area contributed by atoms with E-state index < -0.39 is 166 Å². The second-order valence-electron chi connectivity index (χ2n) is 18.0. The van der Waals surface area contributed by atoms with Crippen LogP contribution in [0, 0.1) is 17.8 Å². The first-order valence-electron chi connectivity index (χ1n) is 23.7.